The van der Waals surface area contributed by atoms with Gasteiger partial charge in [-0.3, -0.25) is 0 Å². The van der Waals surface area contributed by atoms with Gasteiger partial charge in [-0.2, -0.15) is 0 Å². The number of benzene rings is 1. The SMILES string of the molecule is CCC(CO)(CCCN1CCCOc2ccccc21)NC. The van der Waals surface area contributed by atoms with Crippen LogP contribution in [0.5, 0.6) is 5.75 Å². The molecule has 0 aliphatic carbocycles. The molecule has 2 N–H and O–H groups in total. The number of hydrogen-bond donors (Lipinski definition) is 2. The minimum Gasteiger partial charge on any atom is -0.491 e. The molecule has 0 bridgehead atoms. The van der Waals surface area contributed by atoms with E-state index in [4.69, 9.17) is 4.74 Å². The predicted octanol–water partition coefficient (Wildman–Crippen LogP) is 2.42. The van der Waals surface area contributed by atoms with Crippen LogP contribution in [-0.4, -0.2) is 44.0 Å². The largest absolute Gasteiger partial charge is 0.491 e. The highest BCUT2D eigenvalue weighted by atomic mass is 16.5. The number of aliphatic hydroxyl groups is 1. The maximum Gasteiger partial charge on any atom is 0.142 e. The lowest BCUT2D eigenvalue weighted by molar-refractivity contribution is 0.153. The summed E-state index contributed by atoms with van der Waals surface area (Å²) in [4.78, 5) is 2.41. The van der Waals surface area contributed by atoms with Crippen molar-refractivity contribution < 1.29 is 9.84 Å². The normalized spacial score (nSPS) is 17.6. The smallest absolute Gasteiger partial charge is 0.142 e. The fourth-order valence-electron chi connectivity index (χ4n) is 2.99. The lowest BCUT2D eigenvalue weighted by atomic mass is 9.91. The summed E-state index contributed by atoms with van der Waals surface area (Å²) < 4.78 is 5.80. The summed E-state index contributed by atoms with van der Waals surface area (Å²) in [5, 5.41) is 12.9. The monoisotopic (exact) mass is 292 g/mol. The summed E-state index contributed by atoms with van der Waals surface area (Å²) in [6.07, 6.45) is 4.04. The van der Waals surface area contributed by atoms with Crippen LogP contribution in [0.25, 0.3) is 0 Å². The van der Waals surface area contributed by atoms with E-state index in [1.165, 1.54) is 5.69 Å². The van der Waals surface area contributed by atoms with Crippen molar-refractivity contribution in [3.05, 3.63) is 24.3 Å². The molecule has 0 aromatic heterocycles. The van der Waals surface area contributed by atoms with Crippen molar-refractivity contribution in [3.63, 3.8) is 0 Å². The highest BCUT2D eigenvalue weighted by Crippen LogP contribution is 2.31. The minimum atomic E-state index is -0.137. The standard InChI is InChI=1S/C17H28N2O2/c1-3-17(14-20,18-2)10-6-11-19-12-7-13-21-16-9-5-4-8-15(16)19/h4-5,8-9,18,20H,3,6-7,10-14H2,1-2H3. The number of fused-ring (bicyclic) bond motifs is 1. The van der Waals surface area contributed by atoms with Gasteiger partial charge < -0.3 is 20.1 Å². The fourth-order valence-corrected chi connectivity index (χ4v) is 2.99. The Labute approximate surface area is 128 Å². The van der Waals surface area contributed by atoms with Crippen LogP contribution in [0, 0.1) is 0 Å². The van der Waals surface area contributed by atoms with Crippen LogP contribution in [0.3, 0.4) is 0 Å². The molecule has 0 radical (unpaired) electrons. The van der Waals surface area contributed by atoms with Gasteiger partial charge in [-0.05, 0) is 44.9 Å². The van der Waals surface area contributed by atoms with E-state index in [1.807, 2.05) is 19.2 Å². The molecule has 118 valence electrons. The Kier molecular flexibility index (Phi) is 5.88. The Balaban J connectivity index is 1.97. The molecule has 1 aromatic rings. The molecule has 1 aliphatic heterocycles. The van der Waals surface area contributed by atoms with E-state index < -0.39 is 0 Å². The zero-order chi connectivity index (χ0) is 15.1. The highest BCUT2D eigenvalue weighted by Gasteiger charge is 2.25. The topological polar surface area (TPSA) is 44.7 Å². The number of nitrogens with zero attached hydrogens (tertiary/aromatic N) is 1. The van der Waals surface area contributed by atoms with Gasteiger partial charge in [-0.1, -0.05) is 19.1 Å². The second-order valence-corrected chi connectivity index (χ2v) is 5.80. The maximum atomic E-state index is 9.62. The molecule has 0 saturated carbocycles. The Morgan fingerprint density at radius 3 is 2.90 bits per heavy atom. The zero-order valence-corrected chi connectivity index (χ0v) is 13.3. The molecule has 0 amide bonds. The quantitative estimate of drug-likeness (QED) is 0.810. The van der Waals surface area contributed by atoms with Gasteiger partial charge in [0.1, 0.15) is 5.75 Å². The number of rotatable bonds is 7. The van der Waals surface area contributed by atoms with Crippen LogP contribution in [0.15, 0.2) is 24.3 Å². The Bertz CT molecular complexity index is 424. The number of hydrogen-bond acceptors (Lipinski definition) is 4. The molecular weight excluding hydrogens is 264 g/mol. The van der Waals surface area contributed by atoms with E-state index in [0.29, 0.717) is 0 Å². The van der Waals surface area contributed by atoms with Crippen molar-refractivity contribution in [1.82, 2.24) is 5.32 Å². The molecule has 0 fully saturated rings. The Morgan fingerprint density at radius 1 is 1.38 bits per heavy atom. The molecule has 0 spiro atoms. The van der Waals surface area contributed by atoms with Crippen molar-refractivity contribution in [2.24, 2.45) is 0 Å². The zero-order valence-electron chi connectivity index (χ0n) is 13.3. The van der Waals surface area contributed by atoms with Gasteiger partial charge in [-0.15, -0.1) is 0 Å². The van der Waals surface area contributed by atoms with Crippen molar-refractivity contribution in [2.45, 2.75) is 38.1 Å². The van der Waals surface area contributed by atoms with E-state index in [2.05, 4.69) is 29.3 Å². The number of para-hydroxylation sites is 2. The molecule has 1 heterocycles. The van der Waals surface area contributed by atoms with Gasteiger partial charge in [0.2, 0.25) is 0 Å². The van der Waals surface area contributed by atoms with Gasteiger partial charge in [0, 0.05) is 18.6 Å². The first kappa shape index (κ1) is 16.1. The van der Waals surface area contributed by atoms with Gasteiger partial charge in [-0.25, -0.2) is 0 Å². The van der Waals surface area contributed by atoms with Crippen LogP contribution in [0.2, 0.25) is 0 Å². The highest BCUT2D eigenvalue weighted by molar-refractivity contribution is 5.58. The Morgan fingerprint density at radius 2 is 2.19 bits per heavy atom. The van der Waals surface area contributed by atoms with Gasteiger partial charge in [0.25, 0.3) is 0 Å². The average Bonchev–Trinajstić information content (AvgIpc) is 2.75. The molecule has 1 aliphatic rings. The minimum absolute atomic E-state index is 0.137. The van der Waals surface area contributed by atoms with E-state index >= 15 is 0 Å². The fraction of sp³-hybridized carbons (Fsp3) is 0.647. The summed E-state index contributed by atoms with van der Waals surface area (Å²) in [5.41, 5.74) is 1.06. The lowest BCUT2D eigenvalue weighted by Crippen LogP contribution is -2.46. The van der Waals surface area contributed by atoms with Crippen molar-refractivity contribution in [2.75, 3.05) is 38.3 Å². The van der Waals surface area contributed by atoms with Gasteiger partial charge >= 0.3 is 0 Å². The summed E-state index contributed by atoms with van der Waals surface area (Å²) in [7, 11) is 1.94. The van der Waals surface area contributed by atoms with E-state index in [9.17, 15) is 5.11 Å². The molecule has 1 atom stereocenters. The third-order valence-corrected chi connectivity index (χ3v) is 4.63. The first-order valence-electron chi connectivity index (χ1n) is 8.01. The number of nitrogens with one attached hydrogen (secondary N) is 1. The second-order valence-electron chi connectivity index (χ2n) is 5.80. The molecule has 1 unspecified atom stereocenters. The maximum absolute atomic E-state index is 9.62. The van der Waals surface area contributed by atoms with Crippen LogP contribution in [0.1, 0.15) is 32.6 Å². The second kappa shape index (κ2) is 7.66. The molecule has 2 rings (SSSR count). The third-order valence-electron chi connectivity index (χ3n) is 4.63. The van der Waals surface area contributed by atoms with Crippen LogP contribution in [-0.2, 0) is 0 Å². The lowest BCUT2D eigenvalue weighted by Gasteiger charge is -2.32. The molecule has 21 heavy (non-hydrogen) atoms. The molecular formula is C17H28N2O2. The number of likely N-dealkylation sites (N-methyl/N-ethyl adjacent to an activating group) is 1. The molecule has 1 aromatic carbocycles. The molecule has 4 nitrogen and oxygen atoms in total. The third kappa shape index (κ3) is 3.89. The van der Waals surface area contributed by atoms with E-state index in [1.54, 1.807) is 0 Å². The summed E-state index contributed by atoms with van der Waals surface area (Å²) in [5.74, 6) is 0.993. The van der Waals surface area contributed by atoms with Crippen LogP contribution < -0.4 is 15.0 Å². The van der Waals surface area contributed by atoms with Gasteiger partial charge in [0.15, 0.2) is 0 Å². The van der Waals surface area contributed by atoms with Gasteiger partial charge in [0.05, 0.1) is 18.9 Å². The summed E-state index contributed by atoms with van der Waals surface area (Å²) in [6, 6.07) is 8.28. The number of aliphatic hydroxyl groups excluding tert-OH is 1. The molecule has 0 saturated heterocycles. The average molecular weight is 292 g/mol. The van der Waals surface area contributed by atoms with Crippen molar-refractivity contribution >= 4 is 5.69 Å². The van der Waals surface area contributed by atoms with Crippen molar-refractivity contribution in [3.8, 4) is 5.75 Å². The predicted molar refractivity (Wildman–Crippen MR) is 87.2 cm³/mol. The first-order valence-corrected chi connectivity index (χ1v) is 8.01. The molecule has 4 heteroatoms. The number of ether oxygens (including phenoxy) is 1. The van der Waals surface area contributed by atoms with E-state index in [0.717, 1.165) is 51.1 Å². The van der Waals surface area contributed by atoms with Crippen LogP contribution >= 0.6 is 0 Å². The van der Waals surface area contributed by atoms with E-state index in [-0.39, 0.29) is 12.1 Å². The summed E-state index contributed by atoms with van der Waals surface area (Å²) in [6.45, 7) is 5.15. The summed E-state index contributed by atoms with van der Waals surface area (Å²) >= 11 is 0. The van der Waals surface area contributed by atoms with Crippen LogP contribution in [0.4, 0.5) is 5.69 Å². The van der Waals surface area contributed by atoms with Crippen molar-refractivity contribution in [1.29, 1.82) is 0 Å². The Hall–Kier alpha value is -1.26. The number of anilines is 1. The first-order chi connectivity index (χ1) is 10.2.